The van der Waals surface area contributed by atoms with Crippen LogP contribution in [0.2, 0.25) is 0 Å². The Morgan fingerprint density at radius 3 is 2.25 bits per heavy atom. The number of carbonyl (C=O) groups is 1. The topological polar surface area (TPSA) is 89.9 Å². The van der Waals surface area contributed by atoms with E-state index in [1.54, 1.807) is 33.5 Å². The molecular weight excluding hydrogens is 380 g/mol. The number of amides is 1. The Bertz CT molecular complexity index is 794. The molecule has 0 aliphatic rings. The van der Waals surface area contributed by atoms with Crippen molar-refractivity contribution in [1.29, 1.82) is 0 Å². The number of nitrogens with zero attached hydrogens (tertiary/aromatic N) is 1. The Morgan fingerprint density at radius 1 is 1.18 bits per heavy atom. The van der Waals surface area contributed by atoms with Crippen molar-refractivity contribution in [3.8, 4) is 27.8 Å². The van der Waals surface area contributed by atoms with Crippen molar-refractivity contribution in [2.24, 2.45) is 5.92 Å². The monoisotopic (exact) mass is 408 g/mol. The van der Waals surface area contributed by atoms with E-state index < -0.39 is 0 Å². The Morgan fingerprint density at radius 2 is 1.79 bits per heavy atom. The predicted molar refractivity (Wildman–Crippen MR) is 110 cm³/mol. The van der Waals surface area contributed by atoms with E-state index in [0.29, 0.717) is 40.3 Å². The zero-order valence-corrected chi connectivity index (χ0v) is 18.0. The van der Waals surface area contributed by atoms with Gasteiger partial charge in [-0.25, -0.2) is 4.98 Å². The van der Waals surface area contributed by atoms with Gasteiger partial charge in [0, 0.05) is 10.4 Å². The van der Waals surface area contributed by atoms with Crippen LogP contribution in [0.4, 0.5) is 0 Å². The summed E-state index contributed by atoms with van der Waals surface area (Å²) < 4.78 is 16.1. The molecular formula is C20H28N2O5S. The van der Waals surface area contributed by atoms with Gasteiger partial charge in [-0.15, -0.1) is 11.3 Å². The smallest absolute Gasteiger partial charge is 0.271 e. The third-order valence-electron chi connectivity index (χ3n) is 4.23. The minimum atomic E-state index is -0.293. The summed E-state index contributed by atoms with van der Waals surface area (Å²) >= 11 is 1.41. The first-order chi connectivity index (χ1) is 13.3. The van der Waals surface area contributed by atoms with Crippen molar-refractivity contribution in [3.63, 3.8) is 0 Å². The van der Waals surface area contributed by atoms with Gasteiger partial charge in [-0.1, -0.05) is 13.8 Å². The highest BCUT2D eigenvalue weighted by Gasteiger charge is 2.22. The number of aryl methyl sites for hydroxylation is 1. The largest absolute Gasteiger partial charge is 0.493 e. The quantitative estimate of drug-likeness (QED) is 0.662. The van der Waals surface area contributed by atoms with Crippen molar-refractivity contribution in [3.05, 3.63) is 22.7 Å². The molecule has 28 heavy (non-hydrogen) atoms. The standard InChI is InChI=1S/C20H28N2O5S/c1-11(2)7-14(10-23)21-19(24)17-12(3)28-20(22-17)13-8-15(25-4)18(27-6)16(9-13)26-5/h8-9,11,14,23H,7,10H2,1-6H3,(H,21,24)/t14-/m1/s1. The second-order valence-corrected chi connectivity index (χ2v) is 8.02. The van der Waals surface area contributed by atoms with E-state index in [1.165, 1.54) is 11.3 Å². The zero-order valence-electron chi connectivity index (χ0n) is 17.2. The molecule has 1 aromatic heterocycles. The summed E-state index contributed by atoms with van der Waals surface area (Å²) in [6.07, 6.45) is 0.700. The normalized spacial score (nSPS) is 12.0. The highest BCUT2D eigenvalue weighted by atomic mass is 32.1. The molecule has 0 aliphatic heterocycles. The summed E-state index contributed by atoms with van der Waals surface area (Å²) in [6.45, 7) is 5.84. The molecule has 0 spiro atoms. The van der Waals surface area contributed by atoms with Gasteiger partial charge in [-0.05, 0) is 31.4 Å². The van der Waals surface area contributed by atoms with Gasteiger partial charge in [-0.3, -0.25) is 4.79 Å². The molecule has 8 heteroatoms. The molecule has 0 saturated heterocycles. The van der Waals surface area contributed by atoms with E-state index in [1.807, 2.05) is 20.8 Å². The highest BCUT2D eigenvalue weighted by molar-refractivity contribution is 7.15. The summed E-state index contributed by atoms with van der Waals surface area (Å²) in [7, 11) is 4.65. The number of methoxy groups -OCH3 is 3. The number of thiazole rings is 1. The molecule has 2 aromatic rings. The number of aliphatic hydroxyl groups excluding tert-OH is 1. The summed E-state index contributed by atoms with van der Waals surface area (Å²) in [5.74, 6) is 1.62. The third kappa shape index (κ3) is 4.94. The molecule has 1 heterocycles. The van der Waals surface area contributed by atoms with Gasteiger partial charge in [0.05, 0.1) is 34.0 Å². The lowest BCUT2D eigenvalue weighted by atomic mass is 10.0. The van der Waals surface area contributed by atoms with Gasteiger partial charge in [-0.2, -0.15) is 0 Å². The van der Waals surface area contributed by atoms with Crippen LogP contribution in [-0.4, -0.2) is 50.0 Å². The number of hydrogen-bond donors (Lipinski definition) is 2. The maximum Gasteiger partial charge on any atom is 0.271 e. The van der Waals surface area contributed by atoms with Crippen molar-refractivity contribution in [1.82, 2.24) is 10.3 Å². The van der Waals surface area contributed by atoms with Crippen LogP contribution in [0, 0.1) is 12.8 Å². The first kappa shape index (κ1) is 22.0. The molecule has 1 atom stereocenters. The van der Waals surface area contributed by atoms with Crippen LogP contribution in [0.5, 0.6) is 17.2 Å². The second kappa shape index (κ2) is 9.75. The van der Waals surface area contributed by atoms with E-state index in [0.717, 1.165) is 10.4 Å². The number of aliphatic hydroxyl groups is 1. The summed E-state index contributed by atoms with van der Waals surface area (Å²) in [5, 5.41) is 13.1. The molecule has 1 aromatic carbocycles. The first-order valence-corrected chi connectivity index (χ1v) is 9.85. The first-order valence-electron chi connectivity index (χ1n) is 9.04. The van der Waals surface area contributed by atoms with Crippen LogP contribution < -0.4 is 19.5 Å². The minimum Gasteiger partial charge on any atom is -0.493 e. The van der Waals surface area contributed by atoms with Crippen LogP contribution in [0.25, 0.3) is 10.6 Å². The molecule has 0 fully saturated rings. The van der Waals surface area contributed by atoms with Crippen LogP contribution in [0.3, 0.4) is 0 Å². The number of aromatic nitrogens is 1. The SMILES string of the molecule is COc1cc(-c2nc(C(=O)N[C@@H](CO)CC(C)C)c(C)s2)cc(OC)c1OC. The van der Waals surface area contributed by atoms with Gasteiger partial charge in [0.2, 0.25) is 5.75 Å². The number of hydrogen-bond acceptors (Lipinski definition) is 7. The summed E-state index contributed by atoms with van der Waals surface area (Å²) in [5.41, 5.74) is 1.12. The van der Waals surface area contributed by atoms with E-state index >= 15 is 0 Å². The predicted octanol–water partition coefficient (Wildman–Crippen LogP) is 3.28. The zero-order chi connectivity index (χ0) is 20.8. The minimum absolute atomic E-state index is 0.104. The highest BCUT2D eigenvalue weighted by Crippen LogP contribution is 2.42. The molecule has 0 saturated carbocycles. The Balaban J connectivity index is 2.34. The van der Waals surface area contributed by atoms with Crippen LogP contribution in [0.1, 0.15) is 35.6 Å². The molecule has 2 rings (SSSR count). The second-order valence-electron chi connectivity index (χ2n) is 6.82. The van der Waals surface area contributed by atoms with Gasteiger partial charge in [0.15, 0.2) is 11.5 Å². The molecule has 0 unspecified atom stereocenters. The van der Waals surface area contributed by atoms with E-state index in [2.05, 4.69) is 10.3 Å². The fourth-order valence-corrected chi connectivity index (χ4v) is 3.83. The van der Waals surface area contributed by atoms with Gasteiger partial charge in [0.1, 0.15) is 10.7 Å². The van der Waals surface area contributed by atoms with Crippen LogP contribution in [-0.2, 0) is 0 Å². The van der Waals surface area contributed by atoms with E-state index in [-0.39, 0.29) is 18.6 Å². The summed E-state index contributed by atoms with van der Waals surface area (Å²) in [4.78, 5) is 18.0. The van der Waals surface area contributed by atoms with E-state index in [9.17, 15) is 9.90 Å². The Labute approximate surface area is 169 Å². The van der Waals surface area contributed by atoms with Gasteiger partial charge in [0.25, 0.3) is 5.91 Å². The maximum atomic E-state index is 12.7. The average molecular weight is 409 g/mol. The van der Waals surface area contributed by atoms with E-state index in [4.69, 9.17) is 14.2 Å². The lowest BCUT2D eigenvalue weighted by molar-refractivity contribution is 0.0903. The number of carbonyl (C=O) groups excluding carboxylic acids is 1. The van der Waals surface area contributed by atoms with Gasteiger partial charge >= 0.3 is 0 Å². The third-order valence-corrected chi connectivity index (χ3v) is 5.25. The molecule has 2 N–H and O–H groups in total. The molecule has 0 radical (unpaired) electrons. The lowest BCUT2D eigenvalue weighted by Crippen LogP contribution is -2.38. The van der Waals surface area contributed by atoms with Crippen molar-refractivity contribution in [2.75, 3.05) is 27.9 Å². The van der Waals surface area contributed by atoms with Crippen molar-refractivity contribution < 1.29 is 24.1 Å². The number of nitrogens with one attached hydrogen (secondary N) is 1. The maximum absolute atomic E-state index is 12.7. The molecule has 0 aliphatic carbocycles. The number of rotatable bonds is 9. The molecule has 0 bridgehead atoms. The Kier molecular flexibility index (Phi) is 7.65. The fraction of sp³-hybridized carbons (Fsp3) is 0.500. The summed E-state index contributed by atoms with van der Waals surface area (Å²) in [6, 6.07) is 3.31. The molecule has 1 amide bonds. The lowest BCUT2D eigenvalue weighted by Gasteiger charge is -2.17. The molecule has 154 valence electrons. The Hall–Kier alpha value is -2.32. The average Bonchev–Trinajstić information content (AvgIpc) is 3.07. The van der Waals surface area contributed by atoms with Crippen LogP contribution >= 0.6 is 11.3 Å². The van der Waals surface area contributed by atoms with Crippen molar-refractivity contribution >= 4 is 17.2 Å². The fourth-order valence-electron chi connectivity index (χ4n) is 2.94. The van der Waals surface area contributed by atoms with Gasteiger partial charge < -0.3 is 24.6 Å². The number of ether oxygens (including phenoxy) is 3. The van der Waals surface area contributed by atoms with Crippen molar-refractivity contribution in [2.45, 2.75) is 33.2 Å². The molecule has 7 nitrogen and oxygen atoms in total. The van der Waals surface area contributed by atoms with Crippen LogP contribution in [0.15, 0.2) is 12.1 Å². The number of benzene rings is 1.